The second-order valence-electron chi connectivity index (χ2n) is 5.77. The molecule has 1 aliphatic rings. The van der Waals surface area contributed by atoms with Crippen LogP contribution in [0, 0.1) is 0 Å². The van der Waals surface area contributed by atoms with Gasteiger partial charge in [0.25, 0.3) is 0 Å². The summed E-state index contributed by atoms with van der Waals surface area (Å²) in [5.74, 6) is 1.44. The van der Waals surface area contributed by atoms with E-state index in [4.69, 9.17) is 16.3 Å². The molecule has 0 radical (unpaired) electrons. The van der Waals surface area contributed by atoms with Gasteiger partial charge in [-0.15, -0.1) is 0 Å². The van der Waals surface area contributed by atoms with E-state index in [9.17, 15) is 4.39 Å². The normalized spacial score (nSPS) is 13.8. The fourth-order valence-corrected chi connectivity index (χ4v) is 3.33. The second kappa shape index (κ2) is 6.80. The van der Waals surface area contributed by atoms with Crippen LogP contribution >= 0.6 is 11.6 Å². The molecule has 0 spiro atoms. The number of alkyl halides is 1. The van der Waals surface area contributed by atoms with E-state index in [0.717, 1.165) is 41.8 Å². The van der Waals surface area contributed by atoms with Crippen molar-refractivity contribution in [3.63, 3.8) is 0 Å². The Kier molecular flexibility index (Phi) is 4.36. The van der Waals surface area contributed by atoms with Crippen LogP contribution in [0.2, 0.25) is 5.28 Å². The van der Waals surface area contributed by atoms with Gasteiger partial charge in [0.05, 0.1) is 5.39 Å². The summed E-state index contributed by atoms with van der Waals surface area (Å²) < 4.78 is 17.7. The van der Waals surface area contributed by atoms with Crippen molar-refractivity contribution in [2.24, 2.45) is 0 Å². The van der Waals surface area contributed by atoms with Crippen molar-refractivity contribution in [1.82, 2.24) is 15.0 Å². The molecule has 0 fully saturated rings. The molecule has 25 heavy (non-hydrogen) atoms. The van der Waals surface area contributed by atoms with Crippen LogP contribution in [0.3, 0.4) is 0 Å². The largest absolute Gasteiger partial charge is 0.491 e. The number of benzene rings is 1. The maximum absolute atomic E-state index is 12.3. The summed E-state index contributed by atoms with van der Waals surface area (Å²) >= 11 is 6.11. The smallest absolute Gasteiger partial charge is 0.226 e. The van der Waals surface area contributed by atoms with Crippen LogP contribution in [0.5, 0.6) is 5.75 Å². The van der Waals surface area contributed by atoms with Gasteiger partial charge in [-0.2, -0.15) is 9.97 Å². The van der Waals surface area contributed by atoms with Crippen LogP contribution in [0.25, 0.3) is 11.0 Å². The number of nitrogens with zero attached hydrogens (tertiary/aromatic N) is 4. The van der Waals surface area contributed by atoms with Crippen LogP contribution in [0.15, 0.2) is 36.5 Å². The van der Waals surface area contributed by atoms with Crippen molar-refractivity contribution in [2.75, 3.05) is 24.7 Å². The highest BCUT2D eigenvalue weighted by Crippen LogP contribution is 2.37. The minimum Gasteiger partial charge on any atom is -0.491 e. The molecule has 3 aromatic rings. The van der Waals surface area contributed by atoms with Crippen LogP contribution in [-0.2, 0) is 6.42 Å². The maximum atomic E-state index is 12.3. The van der Waals surface area contributed by atoms with Crippen molar-refractivity contribution in [2.45, 2.75) is 12.8 Å². The number of halogens is 2. The van der Waals surface area contributed by atoms with Crippen molar-refractivity contribution >= 4 is 34.1 Å². The lowest BCUT2D eigenvalue weighted by Gasteiger charge is -2.31. The minimum atomic E-state index is -0.498. The molecule has 5 nitrogen and oxygen atoms in total. The topological polar surface area (TPSA) is 51.1 Å². The van der Waals surface area contributed by atoms with Crippen LogP contribution in [-0.4, -0.2) is 34.8 Å². The highest BCUT2D eigenvalue weighted by molar-refractivity contribution is 6.28. The van der Waals surface area contributed by atoms with Gasteiger partial charge in [0.2, 0.25) is 5.28 Å². The predicted octanol–water partition coefficient (Wildman–Crippen LogP) is 4.11. The summed E-state index contributed by atoms with van der Waals surface area (Å²) in [5, 5.41) is 1.04. The molecule has 0 atom stereocenters. The number of fused-ring (bicyclic) bond motifs is 2. The number of ether oxygens (including phenoxy) is 1. The summed E-state index contributed by atoms with van der Waals surface area (Å²) in [5.41, 5.74) is 2.78. The van der Waals surface area contributed by atoms with E-state index in [2.05, 4.69) is 19.9 Å². The van der Waals surface area contributed by atoms with Gasteiger partial charge in [-0.3, -0.25) is 0 Å². The number of aryl methyl sites for hydroxylation is 1. The average Bonchev–Trinajstić information content (AvgIpc) is 2.65. The molecule has 0 N–H and O–H groups in total. The third-order valence-corrected chi connectivity index (χ3v) is 4.36. The first kappa shape index (κ1) is 16.0. The first-order chi connectivity index (χ1) is 12.3. The second-order valence-corrected chi connectivity index (χ2v) is 6.11. The lowest BCUT2D eigenvalue weighted by atomic mass is 10.0. The molecule has 7 heteroatoms. The summed E-state index contributed by atoms with van der Waals surface area (Å²) in [6.07, 6.45) is 3.60. The highest BCUT2D eigenvalue weighted by atomic mass is 35.5. The molecule has 1 aromatic carbocycles. The van der Waals surface area contributed by atoms with E-state index < -0.39 is 6.67 Å². The Hall–Kier alpha value is -2.47. The summed E-state index contributed by atoms with van der Waals surface area (Å²) in [6.45, 7) is 0.400. The lowest BCUT2D eigenvalue weighted by molar-refractivity contribution is 0.273. The summed E-state index contributed by atoms with van der Waals surface area (Å²) in [6, 6.07) is 9.62. The fourth-order valence-electron chi connectivity index (χ4n) is 3.17. The first-order valence-electron chi connectivity index (χ1n) is 8.14. The van der Waals surface area contributed by atoms with Crippen molar-refractivity contribution in [3.05, 3.63) is 47.4 Å². The maximum Gasteiger partial charge on any atom is 0.226 e. The lowest BCUT2D eigenvalue weighted by Crippen LogP contribution is -2.26. The molecule has 0 bridgehead atoms. The number of aromatic nitrogens is 3. The fraction of sp³-hybridized carbons (Fsp3) is 0.278. The van der Waals surface area contributed by atoms with Gasteiger partial charge < -0.3 is 9.64 Å². The molecule has 0 amide bonds. The molecule has 1 aliphatic heterocycles. The SMILES string of the molecule is FCCOc1ccc2c(c1)CCCN2c1nc(Cl)nc2ncccc12. The van der Waals surface area contributed by atoms with Gasteiger partial charge in [-0.25, -0.2) is 9.37 Å². The number of anilines is 2. The van der Waals surface area contributed by atoms with E-state index in [1.807, 2.05) is 30.3 Å². The number of pyridine rings is 1. The molecule has 0 saturated carbocycles. The molecular formula is C18H16ClFN4O. The molecule has 0 aliphatic carbocycles. The zero-order valence-electron chi connectivity index (χ0n) is 13.5. The molecule has 4 rings (SSSR count). The Morgan fingerprint density at radius 1 is 1.24 bits per heavy atom. The third kappa shape index (κ3) is 3.09. The van der Waals surface area contributed by atoms with Crippen LogP contribution < -0.4 is 9.64 Å². The van der Waals surface area contributed by atoms with Crippen molar-refractivity contribution < 1.29 is 9.13 Å². The number of hydrogen-bond acceptors (Lipinski definition) is 5. The molecule has 0 unspecified atom stereocenters. The van der Waals surface area contributed by atoms with Gasteiger partial charge in [-0.1, -0.05) is 0 Å². The molecule has 128 valence electrons. The third-order valence-electron chi connectivity index (χ3n) is 4.20. The zero-order chi connectivity index (χ0) is 17.2. The Labute approximate surface area is 149 Å². The number of rotatable bonds is 4. The monoisotopic (exact) mass is 358 g/mol. The first-order valence-corrected chi connectivity index (χ1v) is 8.51. The highest BCUT2D eigenvalue weighted by Gasteiger charge is 2.22. The van der Waals surface area contributed by atoms with E-state index in [1.165, 1.54) is 0 Å². The van der Waals surface area contributed by atoms with E-state index in [0.29, 0.717) is 11.4 Å². The van der Waals surface area contributed by atoms with Gasteiger partial charge >= 0.3 is 0 Å². The average molecular weight is 359 g/mol. The number of hydrogen-bond donors (Lipinski definition) is 0. The Morgan fingerprint density at radius 2 is 2.16 bits per heavy atom. The van der Waals surface area contributed by atoms with Crippen molar-refractivity contribution in [1.29, 1.82) is 0 Å². The van der Waals surface area contributed by atoms with E-state index in [1.54, 1.807) is 6.20 Å². The summed E-state index contributed by atoms with van der Waals surface area (Å²) in [4.78, 5) is 15.1. The van der Waals surface area contributed by atoms with Gasteiger partial charge in [-0.05, 0) is 60.3 Å². The standard InChI is InChI=1S/C18H16ClFN4O/c19-18-22-16-14(4-1-8-21-16)17(23-18)24-9-2-3-12-11-13(25-10-7-20)5-6-15(12)24/h1,4-6,8,11H,2-3,7,9-10H2. The van der Waals surface area contributed by atoms with Gasteiger partial charge in [0.15, 0.2) is 5.65 Å². The minimum absolute atomic E-state index is 0.0698. The zero-order valence-corrected chi connectivity index (χ0v) is 14.2. The van der Waals surface area contributed by atoms with Gasteiger partial charge in [0, 0.05) is 18.4 Å². The van der Waals surface area contributed by atoms with Crippen LogP contribution in [0.4, 0.5) is 15.9 Å². The Morgan fingerprint density at radius 3 is 3.04 bits per heavy atom. The molecular weight excluding hydrogens is 343 g/mol. The molecule has 0 saturated heterocycles. The molecule has 2 aromatic heterocycles. The Balaban J connectivity index is 1.79. The Bertz CT molecular complexity index is 921. The van der Waals surface area contributed by atoms with Crippen molar-refractivity contribution in [3.8, 4) is 5.75 Å². The van der Waals surface area contributed by atoms with Gasteiger partial charge in [0.1, 0.15) is 24.8 Å². The predicted molar refractivity (Wildman–Crippen MR) is 95.6 cm³/mol. The van der Waals surface area contributed by atoms with E-state index in [-0.39, 0.29) is 11.9 Å². The van der Waals surface area contributed by atoms with E-state index >= 15 is 0 Å². The van der Waals surface area contributed by atoms with Crippen LogP contribution in [0.1, 0.15) is 12.0 Å². The summed E-state index contributed by atoms with van der Waals surface area (Å²) in [7, 11) is 0. The quantitative estimate of drug-likeness (QED) is 0.657. The molecule has 3 heterocycles.